The Balaban J connectivity index is 2.27. The van der Waals surface area contributed by atoms with Gasteiger partial charge in [0.25, 0.3) is 0 Å². The minimum Gasteiger partial charge on any atom is -0.454 e. The first-order valence-corrected chi connectivity index (χ1v) is 7.17. The van der Waals surface area contributed by atoms with E-state index in [0.29, 0.717) is 5.75 Å². The average molecular weight is 282 g/mol. The van der Waals surface area contributed by atoms with Crippen molar-refractivity contribution in [2.24, 2.45) is 0 Å². The van der Waals surface area contributed by atoms with Gasteiger partial charge in [0, 0.05) is 6.07 Å². The van der Waals surface area contributed by atoms with Gasteiger partial charge in [-0.25, -0.2) is 4.39 Å². The number of para-hydroxylation sites is 1. The third-order valence-electron chi connectivity index (χ3n) is 2.12. The highest BCUT2D eigenvalue weighted by atomic mass is 32.2. The molecule has 0 saturated heterocycles. The van der Waals surface area contributed by atoms with Crippen molar-refractivity contribution in [2.45, 2.75) is 0 Å². The van der Waals surface area contributed by atoms with Crippen molar-refractivity contribution in [3.05, 3.63) is 54.3 Å². The van der Waals surface area contributed by atoms with Crippen LogP contribution in [0.4, 0.5) is 4.39 Å². The van der Waals surface area contributed by atoms with Gasteiger partial charge in [-0.3, -0.25) is 0 Å². The minimum absolute atomic E-state index is 0.00479. The van der Waals surface area contributed by atoms with Crippen molar-refractivity contribution >= 4 is 10.1 Å². The number of halogens is 1. The molecule has 2 rings (SSSR count). The van der Waals surface area contributed by atoms with Gasteiger partial charge < -0.3 is 8.92 Å². The van der Waals surface area contributed by atoms with E-state index in [1.165, 1.54) is 12.1 Å². The van der Waals surface area contributed by atoms with Crippen LogP contribution in [-0.2, 0) is 10.1 Å². The van der Waals surface area contributed by atoms with E-state index in [0.717, 1.165) is 12.3 Å². The summed E-state index contributed by atoms with van der Waals surface area (Å²) in [6, 6.07) is 12.1. The summed E-state index contributed by atoms with van der Waals surface area (Å²) >= 11 is 0. The van der Waals surface area contributed by atoms with Gasteiger partial charge in [0.05, 0.1) is 6.26 Å². The molecule has 0 aliphatic rings. The Morgan fingerprint density at radius 1 is 1.00 bits per heavy atom. The molecule has 6 heteroatoms. The smallest absolute Gasteiger partial charge is 0.306 e. The Kier molecular flexibility index (Phi) is 3.71. The summed E-state index contributed by atoms with van der Waals surface area (Å²) < 4.78 is 45.5. The van der Waals surface area contributed by atoms with Crippen molar-refractivity contribution in [2.75, 3.05) is 6.26 Å². The molecule has 0 atom stereocenters. The van der Waals surface area contributed by atoms with E-state index in [4.69, 9.17) is 4.74 Å². The Hall–Kier alpha value is -2.08. The van der Waals surface area contributed by atoms with Crippen LogP contribution in [0.15, 0.2) is 48.5 Å². The summed E-state index contributed by atoms with van der Waals surface area (Å²) in [4.78, 5) is 0. The second-order valence-corrected chi connectivity index (χ2v) is 5.37. The molecule has 0 unspecified atom stereocenters. The first-order chi connectivity index (χ1) is 8.94. The number of benzene rings is 2. The lowest BCUT2D eigenvalue weighted by atomic mass is 10.3. The molecule has 4 nitrogen and oxygen atoms in total. The van der Waals surface area contributed by atoms with Crippen molar-refractivity contribution in [1.82, 2.24) is 0 Å². The van der Waals surface area contributed by atoms with Gasteiger partial charge in [-0.2, -0.15) is 8.42 Å². The third-order valence-corrected chi connectivity index (χ3v) is 2.62. The fourth-order valence-corrected chi connectivity index (χ4v) is 1.86. The van der Waals surface area contributed by atoms with Crippen LogP contribution in [0.3, 0.4) is 0 Å². The maximum atomic E-state index is 13.6. The van der Waals surface area contributed by atoms with Crippen molar-refractivity contribution in [1.29, 1.82) is 0 Å². The van der Waals surface area contributed by atoms with Gasteiger partial charge in [-0.15, -0.1) is 0 Å². The van der Waals surface area contributed by atoms with E-state index in [2.05, 4.69) is 4.18 Å². The van der Waals surface area contributed by atoms with Crippen LogP contribution in [0, 0.1) is 5.82 Å². The molecule has 0 heterocycles. The second kappa shape index (κ2) is 5.27. The number of hydrogen-bond donors (Lipinski definition) is 0. The highest BCUT2D eigenvalue weighted by Crippen LogP contribution is 2.28. The van der Waals surface area contributed by atoms with E-state index in [9.17, 15) is 12.8 Å². The lowest BCUT2D eigenvalue weighted by Gasteiger charge is -2.08. The largest absolute Gasteiger partial charge is 0.454 e. The molecule has 0 aromatic heterocycles. The first kappa shape index (κ1) is 13.4. The quantitative estimate of drug-likeness (QED) is 0.809. The van der Waals surface area contributed by atoms with Gasteiger partial charge in [0.15, 0.2) is 11.6 Å². The highest BCUT2D eigenvalue weighted by molar-refractivity contribution is 7.86. The molecule has 0 radical (unpaired) electrons. The van der Waals surface area contributed by atoms with Gasteiger partial charge in [0.2, 0.25) is 0 Å². The summed E-state index contributed by atoms with van der Waals surface area (Å²) in [5.74, 6) is -0.273. The van der Waals surface area contributed by atoms with Gasteiger partial charge in [-0.05, 0) is 24.3 Å². The number of hydrogen-bond acceptors (Lipinski definition) is 4. The van der Waals surface area contributed by atoms with E-state index in [-0.39, 0.29) is 11.5 Å². The molecular weight excluding hydrogens is 271 g/mol. The Labute approximate surface area is 110 Å². The molecular formula is C13H11FO4S. The van der Waals surface area contributed by atoms with Crippen LogP contribution < -0.4 is 8.92 Å². The van der Waals surface area contributed by atoms with Crippen LogP contribution in [0.1, 0.15) is 0 Å². The Morgan fingerprint density at radius 3 is 2.32 bits per heavy atom. The first-order valence-electron chi connectivity index (χ1n) is 5.36. The summed E-state index contributed by atoms with van der Waals surface area (Å²) in [5, 5.41) is 0. The zero-order valence-corrected chi connectivity index (χ0v) is 10.9. The molecule has 2 aromatic rings. The maximum Gasteiger partial charge on any atom is 0.306 e. The zero-order chi connectivity index (χ0) is 13.9. The van der Waals surface area contributed by atoms with Crippen molar-refractivity contribution in [3.8, 4) is 17.2 Å². The molecule has 19 heavy (non-hydrogen) atoms. The molecule has 100 valence electrons. The summed E-state index contributed by atoms with van der Waals surface area (Å²) in [6.07, 6.45) is 0.911. The van der Waals surface area contributed by atoms with Crippen LogP contribution in [-0.4, -0.2) is 14.7 Å². The topological polar surface area (TPSA) is 52.6 Å². The molecule has 0 aliphatic heterocycles. The van der Waals surface area contributed by atoms with Gasteiger partial charge in [0.1, 0.15) is 11.5 Å². The van der Waals surface area contributed by atoms with E-state index in [1.807, 2.05) is 0 Å². The summed E-state index contributed by atoms with van der Waals surface area (Å²) in [6.45, 7) is 0. The van der Waals surface area contributed by atoms with Crippen LogP contribution >= 0.6 is 0 Å². The van der Waals surface area contributed by atoms with Crippen molar-refractivity contribution in [3.63, 3.8) is 0 Å². The molecule has 0 spiro atoms. The van der Waals surface area contributed by atoms with E-state index in [1.54, 1.807) is 30.3 Å². The molecule has 0 fully saturated rings. The number of rotatable bonds is 4. The molecule has 0 aliphatic carbocycles. The fourth-order valence-electron chi connectivity index (χ4n) is 1.40. The van der Waals surface area contributed by atoms with Crippen molar-refractivity contribution < 1.29 is 21.7 Å². The lowest BCUT2D eigenvalue weighted by molar-refractivity contribution is 0.436. The zero-order valence-electron chi connectivity index (χ0n) is 10.0. The summed E-state index contributed by atoms with van der Waals surface area (Å²) in [7, 11) is -3.66. The number of ether oxygens (including phenoxy) is 1. The third kappa shape index (κ3) is 3.96. The van der Waals surface area contributed by atoms with Crippen LogP contribution in [0.2, 0.25) is 0 Å². The fraction of sp³-hybridized carbons (Fsp3) is 0.0769. The standard InChI is InChI=1S/C13H11FO4S/c1-19(15,16)18-11-7-8-12(14)13(9-11)17-10-5-3-2-4-6-10/h2-9H,1H3. The average Bonchev–Trinajstić information content (AvgIpc) is 2.33. The van der Waals surface area contributed by atoms with Crippen LogP contribution in [0.5, 0.6) is 17.2 Å². The maximum absolute atomic E-state index is 13.6. The molecule has 0 amide bonds. The predicted octanol–water partition coefficient (Wildman–Crippen LogP) is 2.96. The van der Waals surface area contributed by atoms with Gasteiger partial charge >= 0.3 is 10.1 Å². The SMILES string of the molecule is CS(=O)(=O)Oc1ccc(F)c(Oc2ccccc2)c1. The molecule has 0 saturated carbocycles. The second-order valence-electron chi connectivity index (χ2n) is 3.79. The molecule has 0 N–H and O–H groups in total. The van der Waals surface area contributed by atoms with Gasteiger partial charge in [-0.1, -0.05) is 18.2 Å². The Morgan fingerprint density at radius 2 is 1.68 bits per heavy atom. The monoisotopic (exact) mass is 282 g/mol. The minimum atomic E-state index is -3.66. The summed E-state index contributed by atoms with van der Waals surface area (Å²) in [5.41, 5.74) is 0. The predicted molar refractivity (Wildman–Crippen MR) is 68.4 cm³/mol. The normalized spacial score (nSPS) is 11.1. The lowest BCUT2D eigenvalue weighted by Crippen LogP contribution is -2.05. The van der Waals surface area contributed by atoms with Crippen LogP contribution in [0.25, 0.3) is 0 Å². The molecule has 0 bridgehead atoms. The highest BCUT2D eigenvalue weighted by Gasteiger charge is 2.10. The Bertz CT molecular complexity index is 668. The molecule has 2 aromatic carbocycles. The van der Waals surface area contributed by atoms with E-state index >= 15 is 0 Å². The van der Waals surface area contributed by atoms with E-state index < -0.39 is 15.9 Å².